The molecule has 1 aliphatic rings. The number of nitrogens with one attached hydrogen (secondary N) is 1. The minimum Gasteiger partial charge on any atom is -0.378 e. The Morgan fingerprint density at radius 3 is 2.95 bits per heavy atom. The summed E-state index contributed by atoms with van der Waals surface area (Å²) >= 11 is 0. The summed E-state index contributed by atoms with van der Waals surface area (Å²) in [6.45, 7) is 6.11. The van der Waals surface area contributed by atoms with Gasteiger partial charge in [0.05, 0.1) is 29.7 Å². The Labute approximate surface area is 116 Å². The average molecular weight is 263 g/mol. The summed E-state index contributed by atoms with van der Waals surface area (Å²) in [5.74, 6) is 0. The maximum absolute atomic E-state index is 5.70. The zero-order chi connectivity index (χ0) is 13.5. The molecule has 0 aromatic carbocycles. The molecule has 0 bridgehead atoms. The third-order valence-electron chi connectivity index (χ3n) is 3.60. The fourth-order valence-corrected chi connectivity index (χ4v) is 2.48. The van der Waals surface area contributed by atoms with Gasteiger partial charge in [0, 0.05) is 12.8 Å². The SMILES string of the molecule is CCCNC(CCC1CCCO1)c1cnc(C)cn1. The molecule has 2 atom stereocenters. The van der Waals surface area contributed by atoms with Crippen LogP contribution in [0.1, 0.15) is 56.5 Å². The third-order valence-corrected chi connectivity index (χ3v) is 3.60. The minimum atomic E-state index is 0.303. The van der Waals surface area contributed by atoms with Crippen molar-refractivity contribution in [1.29, 1.82) is 0 Å². The summed E-state index contributed by atoms with van der Waals surface area (Å²) in [5, 5.41) is 3.57. The lowest BCUT2D eigenvalue weighted by Crippen LogP contribution is -2.24. The van der Waals surface area contributed by atoms with E-state index < -0.39 is 0 Å². The molecule has 1 N–H and O–H groups in total. The number of hydrogen-bond acceptors (Lipinski definition) is 4. The highest BCUT2D eigenvalue weighted by Crippen LogP contribution is 2.22. The van der Waals surface area contributed by atoms with Gasteiger partial charge in [0.2, 0.25) is 0 Å². The average Bonchev–Trinajstić information content (AvgIpc) is 2.93. The second kappa shape index (κ2) is 7.56. The van der Waals surface area contributed by atoms with E-state index in [1.807, 2.05) is 19.3 Å². The number of aryl methyl sites for hydroxylation is 1. The molecule has 2 unspecified atom stereocenters. The topological polar surface area (TPSA) is 47.0 Å². The number of aromatic nitrogens is 2. The van der Waals surface area contributed by atoms with Crippen molar-refractivity contribution in [3.63, 3.8) is 0 Å². The third kappa shape index (κ3) is 4.55. The molecule has 106 valence electrons. The van der Waals surface area contributed by atoms with E-state index in [2.05, 4.69) is 22.2 Å². The van der Waals surface area contributed by atoms with Gasteiger partial charge in [0.25, 0.3) is 0 Å². The van der Waals surface area contributed by atoms with Gasteiger partial charge >= 0.3 is 0 Å². The molecule has 0 saturated carbocycles. The highest BCUT2D eigenvalue weighted by molar-refractivity contribution is 5.06. The molecule has 0 amide bonds. The molecule has 19 heavy (non-hydrogen) atoms. The molecule has 2 rings (SSSR count). The zero-order valence-electron chi connectivity index (χ0n) is 12.1. The standard InChI is InChI=1S/C15H25N3O/c1-3-8-16-14(7-6-13-5-4-9-19-13)15-11-17-12(2)10-18-15/h10-11,13-14,16H,3-9H2,1-2H3. The summed E-state index contributed by atoms with van der Waals surface area (Å²) in [5.41, 5.74) is 2.02. The van der Waals surface area contributed by atoms with Crippen molar-refractivity contribution in [3.8, 4) is 0 Å². The van der Waals surface area contributed by atoms with E-state index in [9.17, 15) is 0 Å². The molecule has 0 radical (unpaired) electrons. The van der Waals surface area contributed by atoms with Gasteiger partial charge in [-0.05, 0) is 45.6 Å². The van der Waals surface area contributed by atoms with Crippen molar-refractivity contribution in [3.05, 3.63) is 23.8 Å². The molecule has 4 nitrogen and oxygen atoms in total. The van der Waals surface area contributed by atoms with E-state index in [0.29, 0.717) is 12.1 Å². The van der Waals surface area contributed by atoms with Crippen molar-refractivity contribution in [2.24, 2.45) is 0 Å². The van der Waals surface area contributed by atoms with E-state index in [1.54, 1.807) is 0 Å². The van der Waals surface area contributed by atoms with Crippen molar-refractivity contribution >= 4 is 0 Å². The predicted octanol–water partition coefficient (Wildman–Crippen LogP) is 2.78. The van der Waals surface area contributed by atoms with Crippen LogP contribution in [0.5, 0.6) is 0 Å². The van der Waals surface area contributed by atoms with Crippen molar-refractivity contribution in [2.45, 2.75) is 58.1 Å². The summed E-state index contributed by atoms with van der Waals surface area (Å²) in [7, 11) is 0. The van der Waals surface area contributed by atoms with Gasteiger partial charge < -0.3 is 10.1 Å². The number of ether oxygens (including phenoxy) is 1. The fourth-order valence-electron chi connectivity index (χ4n) is 2.48. The fraction of sp³-hybridized carbons (Fsp3) is 0.733. The van der Waals surface area contributed by atoms with Crippen LogP contribution in [0, 0.1) is 6.92 Å². The lowest BCUT2D eigenvalue weighted by molar-refractivity contribution is 0.0994. The first kappa shape index (κ1) is 14.4. The maximum Gasteiger partial charge on any atom is 0.0756 e. The van der Waals surface area contributed by atoms with E-state index in [4.69, 9.17) is 4.74 Å². The molecule has 4 heteroatoms. The Hall–Kier alpha value is -1.00. The number of rotatable bonds is 7. The van der Waals surface area contributed by atoms with Gasteiger partial charge in [-0.15, -0.1) is 0 Å². The van der Waals surface area contributed by atoms with Crippen LogP contribution in [0.25, 0.3) is 0 Å². The highest BCUT2D eigenvalue weighted by Gasteiger charge is 2.19. The summed E-state index contributed by atoms with van der Waals surface area (Å²) < 4.78 is 5.70. The van der Waals surface area contributed by atoms with Gasteiger partial charge in [-0.1, -0.05) is 6.92 Å². The van der Waals surface area contributed by atoms with Gasteiger partial charge in [-0.25, -0.2) is 0 Å². The van der Waals surface area contributed by atoms with Crippen molar-refractivity contribution in [2.75, 3.05) is 13.2 Å². The van der Waals surface area contributed by atoms with Crippen LogP contribution < -0.4 is 5.32 Å². The molecule has 1 saturated heterocycles. The first-order valence-corrected chi connectivity index (χ1v) is 7.43. The second-order valence-corrected chi connectivity index (χ2v) is 5.30. The Bertz CT molecular complexity index is 360. The Morgan fingerprint density at radius 2 is 2.32 bits per heavy atom. The van der Waals surface area contributed by atoms with Crippen LogP contribution in [0.3, 0.4) is 0 Å². The van der Waals surface area contributed by atoms with Crippen LogP contribution in [-0.4, -0.2) is 29.2 Å². The summed E-state index contributed by atoms with van der Waals surface area (Å²) in [6, 6.07) is 0.303. The quantitative estimate of drug-likeness (QED) is 0.821. The van der Waals surface area contributed by atoms with E-state index in [-0.39, 0.29) is 0 Å². The number of nitrogens with zero attached hydrogens (tertiary/aromatic N) is 2. The Morgan fingerprint density at radius 1 is 1.42 bits per heavy atom. The zero-order valence-corrected chi connectivity index (χ0v) is 12.1. The molecule has 1 aliphatic heterocycles. The normalized spacial score (nSPS) is 20.6. The van der Waals surface area contributed by atoms with Gasteiger partial charge in [0.1, 0.15) is 0 Å². The smallest absolute Gasteiger partial charge is 0.0756 e. The molecular weight excluding hydrogens is 238 g/mol. The van der Waals surface area contributed by atoms with Gasteiger partial charge in [-0.3, -0.25) is 9.97 Å². The monoisotopic (exact) mass is 263 g/mol. The van der Waals surface area contributed by atoms with E-state index >= 15 is 0 Å². The van der Waals surface area contributed by atoms with Crippen LogP contribution in [0.4, 0.5) is 0 Å². The Balaban J connectivity index is 1.91. The molecule has 1 aromatic heterocycles. The molecular formula is C15H25N3O. The first-order chi connectivity index (χ1) is 9.29. The second-order valence-electron chi connectivity index (χ2n) is 5.30. The van der Waals surface area contributed by atoms with Gasteiger partial charge in [0.15, 0.2) is 0 Å². The van der Waals surface area contributed by atoms with Crippen molar-refractivity contribution in [1.82, 2.24) is 15.3 Å². The van der Waals surface area contributed by atoms with Crippen LogP contribution in [0.2, 0.25) is 0 Å². The Kier molecular flexibility index (Phi) is 5.73. The van der Waals surface area contributed by atoms with Crippen molar-refractivity contribution < 1.29 is 4.74 Å². The molecule has 0 aliphatic carbocycles. The predicted molar refractivity (Wildman–Crippen MR) is 76.0 cm³/mol. The van der Waals surface area contributed by atoms with E-state index in [1.165, 1.54) is 12.8 Å². The summed E-state index contributed by atoms with van der Waals surface area (Å²) in [4.78, 5) is 8.87. The lowest BCUT2D eigenvalue weighted by Gasteiger charge is -2.19. The first-order valence-electron chi connectivity index (χ1n) is 7.43. The maximum atomic E-state index is 5.70. The van der Waals surface area contributed by atoms with Crippen LogP contribution in [-0.2, 0) is 4.74 Å². The summed E-state index contributed by atoms with van der Waals surface area (Å²) in [6.07, 6.45) is 9.93. The lowest BCUT2D eigenvalue weighted by atomic mass is 10.0. The minimum absolute atomic E-state index is 0.303. The largest absolute Gasteiger partial charge is 0.378 e. The number of hydrogen-bond donors (Lipinski definition) is 1. The molecule has 0 spiro atoms. The van der Waals surface area contributed by atoms with Gasteiger partial charge in [-0.2, -0.15) is 0 Å². The highest BCUT2D eigenvalue weighted by atomic mass is 16.5. The van der Waals surface area contributed by atoms with E-state index in [0.717, 1.165) is 43.8 Å². The molecule has 2 heterocycles. The van der Waals surface area contributed by atoms with Crippen LogP contribution in [0.15, 0.2) is 12.4 Å². The van der Waals surface area contributed by atoms with Crippen LogP contribution >= 0.6 is 0 Å². The molecule has 1 fully saturated rings. The molecule has 1 aromatic rings.